The van der Waals surface area contributed by atoms with E-state index in [1.54, 1.807) is 0 Å². The molecule has 0 atom stereocenters. The lowest BCUT2D eigenvalue weighted by Gasteiger charge is -2.31. The molecule has 0 N–H and O–H groups in total. The van der Waals surface area contributed by atoms with Crippen molar-refractivity contribution in [2.45, 2.75) is 364 Å². The smallest absolute Gasteiger partial charge is 0.305 e. The molecule has 0 unspecified atom stereocenters. The van der Waals surface area contributed by atoms with Gasteiger partial charge in [0.25, 0.3) is 0 Å². The summed E-state index contributed by atoms with van der Waals surface area (Å²) in [5.41, 5.74) is -1.20. The van der Waals surface area contributed by atoms with Crippen LogP contribution in [0.15, 0.2) is 0 Å². The first kappa shape index (κ1) is 74.9. The Balaban J connectivity index is 5.45. The summed E-state index contributed by atoms with van der Waals surface area (Å²) in [6.45, 7) is 17.8. The average Bonchev–Trinajstić information content (AvgIpc) is 3.39. The lowest BCUT2D eigenvalue weighted by Crippen LogP contribution is -2.44. The molecule has 8 nitrogen and oxygen atoms in total. The standard InChI is InChI=1S/C69H132O8/c1-61(2)49-41-33-25-17-9-13-21-29-37-45-53-65(70)74-57-69(58-75-66(71)54-46-38-30-22-14-10-18-26-34-42-50-62(3)4,59-76-67(72)55-47-39-31-23-15-11-19-27-35-43-51-63(5)6)60-77-68(73)56-48-40-32-24-16-12-20-28-36-44-52-64(7)8/h61-64H,9-60H2,1-8H3. The zero-order valence-corrected chi connectivity index (χ0v) is 52.8. The first-order valence-corrected chi connectivity index (χ1v) is 33.9. The molecule has 0 aliphatic heterocycles. The van der Waals surface area contributed by atoms with Crippen LogP contribution in [0.5, 0.6) is 0 Å². The maximum Gasteiger partial charge on any atom is 0.305 e. The highest BCUT2D eigenvalue weighted by molar-refractivity contribution is 5.71. The molecule has 0 heterocycles. The van der Waals surface area contributed by atoms with Crippen molar-refractivity contribution in [3.05, 3.63) is 0 Å². The maximum absolute atomic E-state index is 13.3. The number of carbonyl (C=O) groups excluding carboxylic acids is 4. The van der Waals surface area contributed by atoms with Gasteiger partial charge >= 0.3 is 23.9 Å². The van der Waals surface area contributed by atoms with Gasteiger partial charge in [-0.2, -0.15) is 0 Å². The summed E-state index contributed by atoms with van der Waals surface area (Å²) in [7, 11) is 0. The summed E-state index contributed by atoms with van der Waals surface area (Å²) in [5, 5.41) is 0. The minimum atomic E-state index is -1.20. The predicted octanol–water partition coefficient (Wildman–Crippen LogP) is 21.5. The van der Waals surface area contributed by atoms with Crippen LogP contribution in [0, 0.1) is 29.1 Å². The maximum atomic E-state index is 13.3. The van der Waals surface area contributed by atoms with Crippen molar-refractivity contribution in [2.24, 2.45) is 29.1 Å². The van der Waals surface area contributed by atoms with Crippen LogP contribution in [-0.4, -0.2) is 50.3 Å². The zero-order valence-electron chi connectivity index (χ0n) is 52.8. The molecule has 0 aliphatic carbocycles. The van der Waals surface area contributed by atoms with Gasteiger partial charge in [-0.15, -0.1) is 0 Å². The van der Waals surface area contributed by atoms with E-state index >= 15 is 0 Å². The van der Waals surface area contributed by atoms with E-state index in [1.807, 2.05) is 0 Å². The molecule has 77 heavy (non-hydrogen) atoms. The summed E-state index contributed by atoms with van der Waals surface area (Å²) in [5.74, 6) is 1.86. The summed E-state index contributed by atoms with van der Waals surface area (Å²) in [4.78, 5) is 53.2. The Hall–Kier alpha value is -2.12. The monoisotopic (exact) mass is 1090 g/mol. The number of hydrogen-bond acceptors (Lipinski definition) is 8. The first-order chi connectivity index (χ1) is 37.2. The van der Waals surface area contributed by atoms with Gasteiger partial charge in [0, 0.05) is 25.7 Å². The van der Waals surface area contributed by atoms with Gasteiger partial charge in [0.1, 0.15) is 31.8 Å². The van der Waals surface area contributed by atoms with Crippen molar-refractivity contribution in [3.8, 4) is 0 Å². The Morgan fingerprint density at radius 1 is 0.221 bits per heavy atom. The van der Waals surface area contributed by atoms with Crippen LogP contribution in [0.4, 0.5) is 0 Å². The Morgan fingerprint density at radius 3 is 0.494 bits per heavy atom. The van der Waals surface area contributed by atoms with Gasteiger partial charge in [-0.25, -0.2) is 0 Å². The Kier molecular flexibility index (Phi) is 54.2. The Morgan fingerprint density at radius 2 is 0.351 bits per heavy atom. The largest absolute Gasteiger partial charge is 0.465 e. The quantitative estimate of drug-likeness (QED) is 0.0337. The normalized spacial score (nSPS) is 11.9. The van der Waals surface area contributed by atoms with Crippen molar-refractivity contribution >= 4 is 23.9 Å². The van der Waals surface area contributed by atoms with Crippen LogP contribution in [0.1, 0.15) is 364 Å². The van der Waals surface area contributed by atoms with Gasteiger partial charge < -0.3 is 18.9 Å². The second-order valence-corrected chi connectivity index (χ2v) is 26.0. The van der Waals surface area contributed by atoms with E-state index in [-0.39, 0.29) is 50.3 Å². The van der Waals surface area contributed by atoms with Crippen molar-refractivity contribution in [2.75, 3.05) is 26.4 Å². The molecule has 0 rings (SSSR count). The third-order valence-electron chi connectivity index (χ3n) is 15.8. The van der Waals surface area contributed by atoms with E-state index in [4.69, 9.17) is 18.9 Å². The molecule has 0 radical (unpaired) electrons. The van der Waals surface area contributed by atoms with Crippen LogP contribution in [0.25, 0.3) is 0 Å². The van der Waals surface area contributed by atoms with Gasteiger partial charge in [0.05, 0.1) is 0 Å². The molecule has 8 heteroatoms. The topological polar surface area (TPSA) is 105 Å². The minimum absolute atomic E-state index is 0.163. The highest BCUT2D eigenvalue weighted by Crippen LogP contribution is 2.25. The van der Waals surface area contributed by atoms with E-state index in [0.717, 1.165) is 101 Å². The lowest BCUT2D eigenvalue weighted by atomic mass is 9.92. The number of ether oxygens (including phenoxy) is 4. The predicted molar refractivity (Wildman–Crippen MR) is 327 cm³/mol. The summed E-state index contributed by atoms with van der Waals surface area (Å²) < 4.78 is 23.8. The van der Waals surface area contributed by atoms with E-state index in [2.05, 4.69) is 55.4 Å². The summed E-state index contributed by atoms with van der Waals surface area (Å²) in [6, 6.07) is 0. The number of hydrogen-bond donors (Lipinski definition) is 0. The van der Waals surface area contributed by atoms with Crippen molar-refractivity contribution in [3.63, 3.8) is 0 Å². The number of rotatable bonds is 60. The molecule has 0 aromatic heterocycles. The van der Waals surface area contributed by atoms with Gasteiger partial charge in [-0.3, -0.25) is 19.2 Å². The van der Waals surface area contributed by atoms with Crippen molar-refractivity contribution < 1.29 is 38.1 Å². The molecule has 0 aliphatic rings. The molecule has 0 saturated heterocycles. The van der Waals surface area contributed by atoms with Crippen LogP contribution >= 0.6 is 0 Å². The third kappa shape index (κ3) is 56.9. The van der Waals surface area contributed by atoms with Gasteiger partial charge in [0.2, 0.25) is 0 Å². The molecule has 0 aromatic rings. The third-order valence-corrected chi connectivity index (χ3v) is 15.8. The summed E-state index contributed by atoms with van der Waals surface area (Å²) in [6.07, 6.45) is 53.8. The zero-order chi connectivity index (χ0) is 56.7. The van der Waals surface area contributed by atoms with E-state index in [9.17, 15) is 19.2 Å². The number of esters is 4. The first-order valence-electron chi connectivity index (χ1n) is 33.9. The second-order valence-electron chi connectivity index (χ2n) is 26.0. The fourth-order valence-electron chi connectivity index (χ4n) is 10.4. The molecule has 0 amide bonds. The molecular weight excluding hydrogens is 957 g/mol. The fourth-order valence-corrected chi connectivity index (χ4v) is 10.4. The lowest BCUT2D eigenvalue weighted by molar-refractivity contribution is -0.170. The van der Waals surface area contributed by atoms with Gasteiger partial charge in [0.15, 0.2) is 0 Å². The molecular formula is C69H132O8. The van der Waals surface area contributed by atoms with E-state index < -0.39 is 5.41 Å². The van der Waals surface area contributed by atoms with Gasteiger partial charge in [-0.1, -0.05) is 312 Å². The molecule has 0 aromatic carbocycles. The average molecular weight is 1090 g/mol. The van der Waals surface area contributed by atoms with Crippen molar-refractivity contribution in [1.82, 2.24) is 0 Å². The molecule has 0 spiro atoms. The minimum Gasteiger partial charge on any atom is -0.465 e. The number of unbranched alkanes of at least 4 members (excludes halogenated alkanes) is 36. The van der Waals surface area contributed by atoms with Gasteiger partial charge in [-0.05, 0) is 49.4 Å². The Labute approximate surface area is 479 Å². The molecule has 456 valence electrons. The van der Waals surface area contributed by atoms with E-state index in [1.165, 1.54) is 205 Å². The number of carbonyl (C=O) groups is 4. The van der Waals surface area contributed by atoms with E-state index in [0.29, 0.717) is 25.7 Å². The highest BCUT2D eigenvalue weighted by atomic mass is 16.6. The fraction of sp³-hybridized carbons (Fsp3) is 0.942. The summed E-state index contributed by atoms with van der Waals surface area (Å²) >= 11 is 0. The second kappa shape index (κ2) is 55.8. The van der Waals surface area contributed by atoms with Crippen LogP contribution in [0.2, 0.25) is 0 Å². The van der Waals surface area contributed by atoms with Crippen LogP contribution in [-0.2, 0) is 38.1 Å². The Bertz CT molecular complexity index is 1110. The SMILES string of the molecule is CC(C)CCCCCCCCCCCCC(=O)OCC(COC(=O)CCCCCCCCCCCCC(C)C)(COC(=O)CCCCCCCCCCCCC(C)C)COC(=O)CCCCCCCCCCCCC(C)C. The highest BCUT2D eigenvalue weighted by Gasteiger charge is 2.38. The molecule has 0 bridgehead atoms. The van der Waals surface area contributed by atoms with Crippen molar-refractivity contribution in [1.29, 1.82) is 0 Å². The van der Waals surface area contributed by atoms with Crippen LogP contribution < -0.4 is 0 Å². The molecule has 0 fully saturated rings. The molecule has 0 saturated carbocycles. The van der Waals surface area contributed by atoms with Crippen LogP contribution in [0.3, 0.4) is 0 Å².